The van der Waals surface area contributed by atoms with Gasteiger partial charge in [-0.2, -0.15) is 0 Å². The highest BCUT2D eigenvalue weighted by molar-refractivity contribution is 7.44. The molecule has 2 unspecified atom stereocenters. The first-order chi connectivity index (χ1) is 14.1. The smallest absolute Gasteiger partial charge is 0.265 e. The first-order valence-electron chi connectivity index (χ1n) is 11.0. The molecular weight excluding hydrogens is 409 g/mol. The molecule has 0 fully saturated rings. The van der Waals surface area contributed by atoms with Gasteiger partial charge in [0, 0.05) is 0 Å². The minimum atomic E-state index is -4.76. The van der Waals surface area contributed by atoms with Crippen LogP contribution < -0.4 is 4.89 Å². The van der Waals surface area contributed by atoms with E-state index in [1.54, 1.807) is 0 Å². The lowest BCUT2D eigenvalue weighted by Crippen LogP contribution is -2.42. The Hall–Kier alpha value is -1.23. The zero-order valence-corrected chi connectivity index (χ0v) is 21.5. The molecule has 0 aromatic rings. The van der Waals surface area contributed by atoms with Crippen molar-refractivity contribution in [3.63, 3.8) is 0 Å². The number of phosphoric acid groups is 1. The van der Waals surface area contributed by atoms with Crippen LogP contribution >= 0.6 is 7.82 Å². The van der Waals surface area contributed by atoms with Gasteiger partial charge in [-0.15, -0.1) is 0 Å². The summed E-state index contributed by atoms with van der Waals surface area (Å²) in [6.07, 6.45) is 15.9. The van der Waals surface area contributed by atoms with Crippen LogP contribution in [0.5, 0.6) is 0 Å². The van der Waals surface area contributed by atoms with Crippen molar-refractivity contribution in [1.29, 1.82) is 0 Å². The van der Waals surface area contributed by atoms with Crippen LogP contribution in [-0.4, -0.2) is 43.2 Å². The molecule has 0 aliphatic heterocycles. The lowest BCUT2D eigenvalue weighted by Gasteiger charge is -2.32. The van der Waals surface area contributed by atoms with Crippen molar-refractivity contribution in [3.8, 4) is 0 Å². The zero-order chi connectivity index (χ0) is 23.9. The first kappa shape index (κ1) is 27.8. The van der Waals surface area contributed by atoms with E-state index in [1.165, 1.54) is 36.0 Å². The highest BCUT2D eigenvalue weighted by Crippen LogP contribution is 2.40. The maximum atomic E-state index is 11.2. The van der Waals surface area contributed by atoms with E-state index < -0.39 is 13.9 Å². The molecule has 1 N–H and O–H groups in total. The highest BCUT2D eigenvalue weighted by atomic mass is 31.2. The first-order valence-corrected chi connectivity index (χ1v) is 12.5. The van der Waals surface area contributed by atoms with E-state index in [2.05, 4.69) is 45.9 Å². The van der Waals surface area contributed by atoms with Crippen LogP contribution in [0.2, 0.25) is 0 Å². The van der Waals surface area contributed by atoms with E-state index in [4.69, 9.17) is 9.42 Å². The van der Waals surface area contributed by atoms with Crippen molar-refractivity contribution in [3.05, 3.63) is 58.7 Å². The average Bonchev–Trinajstić information content (AvgIpc) is 2.56. The third kappa shape index (κ3) is 11.8. The number of likely N-dealkylation sites (N-methyl/N-ethyl adjacent to an activating group) is 1. The molecule has 5 nitrogen and oxygen atoms in total. The van der Waals surface area contributed by atoms with Gasteiger partial charge in [0.05, 0.1) is 21.1 Å². The van der Waals surface area contributed by atoms with E-state index in [-0.39, 0.29) is 5.41 Å². The summed E-state index contributed by atoms with van der Waals surface area (Å²) < 4.78 is 16.6. The Balaban J connectivity index is 2.77. The molecule has 1 aliphatic carbocycles. The molecule has 0 aromatic heterocycles. The van der Waals surface area contributed by atoms with Crippen molar-refractivity contribution in [2.24, 2.45) is 5.41 Å². The molecule has 1 rings (SSSR count). The predicted molar refractivity (Wildman–Crippen MR) is 128 cm³/mol. The molecule has 0 amide bonds. The lowest BCUT2D eigenvalue weighted by molar-refractivity contribution is -0.873. The Labute approximate surface area is 189 Å². The third-order valence-corrected chi connectivity index (χ3v) is 6.07. The summed E-state index contributed by atoms with van der Waals surface area (Å²) in [5, 5.41) is 0. The van der Waals surface area contributed by atoms with Gasteiger partial charge in [-0.05, 0) is 57.4 Å². The van der Waals surface area contributed by atoms with Crippen LogP contribution in [-0.2, 0) is 9.09 Å². The van der Waals surface area contributed by atoms with Gasteiger partial charge in [0.15, 0.2) is 0 Å². The second-order valence-corrected chi connectivity index (χ2v) is 11.5. The maximum Gasteiger partial charge on any atom is 0.265 e. The fourth-order valence-electron chi connectivity index (χ4n) is 3.97. The van der Waals surface area contributed by atoms with Gasteiger partial charge in [-0.1, -0.05) is 67.0 Å². The van der Waals surface area contributed by atoms with E-state index in [1.807, 2.05) is 46.3 Å². The summed E-state index contributed by atoms with van der Waals surface area (Å²) in [4.78, 5) is 20.2. The van der Waals surface area contributed by atoms with Gasteiger partial charge in [0.25, 0.3) is 7.82 Å². The minimum absolute atomic E-state index is 0.237. The summed E-state index contributed by atoms with van der Waals surface area (Å²) in [5.41, 5.74) is 5.36. The van der Waals surface area contributed by atoms with Crippen molar-refractivity contribution in [2.45, 2.75) is 66.4 Å². The number of nitrogens with zero attached hydrogens (tertiary/aromatic N) is 1. The van der Waals surface area contributed by atoms with Crippen molar-refractivity contribution in [1.82, 2.24) is 0 Å². The molecule has 176 valence electrons. The topological polar surface area (TPSA) is 69.6 Å². The largest absolute Gasteiger partial charge is 0.756 e. The Morgan fingerprint density at radius 2 is 1.90 bits per heavy atom. The van der Waals surface area contributed by atoms with Gasteiger partial charge in [-0.25, -0.2) is 0 Å². The van der Waals surface area contributed by atoms with E-state index in [0.29, 0.717) is 17.4 Å². The fourth-order valence-corrected chi connectivity index (χ4v) is 4.50. The van der Waals surface area contributed by atoms with E-state index >= 15 is 0 Å². The Morgan fingerprint density at radius 3 is 2.45 bits per heavy atom. The molecule has 0 radical (unpaired) electrons. The molecule has 0 heterocycles. The van der Waals surface area contributed by atoms with Crippen molar-refractivity contribution >= 4 is 7.82 Å². The van der Waals surface area contributed by atoms with Gasteiger partial charge in [0.1, 0.15) is 12.6 Å². The van der Waals surface area contributed by atoms with E-state index in [0.717, 1.165) is 5.57 Å². The zero-order valence-electron chi connectivity index (χ0n) is 20.6. The summed E-state index contributed by atoms with van der Waals surface area (Å²) in [5.74, 6) is 0. The lowest BCUT2D eigenvalue weighted by atomic mass is 9.72. The number of allylic oxidation sites excluding steroid dienone is 9. The van der Waals surface area contributed by atoms with Crippen LogP contribution in [0.4, 0.5) is 0 Å². The highest BCUT2D eigenvalue weighted by Gasteiger charge is 2.26. The Morgan fingerprint density at radius 1 is 1.26 bits per heavy atom. The molecule has 1 aliphatic rings. The number of rotatable bonds is 10. The second kappa shape index (κ2) is 11.6. The second-order valence-electron chi connectivity index (χ2n) is 10.4. The quantitative estimate of drug-likeness (QED) is 0.272. The summed E-state index contributed by atoms with van der Waals surface area (Å²) in [7, 11) is 1.09. The number of phosphoric ester groups is 1. The number of hydrogen-bond acceptors (Lipinski definition) is 3. The van der Waals surface area contributed by atoms with Crippen molar-refractivity contribution in [2.75, 3.05) is 27.7 Å². The van der Waals surface area contributed by atoms with Crippen LogP contribution in [0, 0.1) is 5.41 Å². The molecule has 6 heteroatoms. The molecular formula is C25H42NO4P. The molecule has 0 spiro atoms. The molecule has 0 saturated carbocycles. The minimum Gasteiger partial charge on any atom is -0.756 e. The SMILES string of the molecule is CC(C=CC1=C(C)CCCC1(C)C)=CC=C/C(C)=C\CC(C[N+](C)(C)C)OP(=O)([O-])O. The van der Waals surface area contributed by atoms with Crippen molar-refractivity contribution < 1.29 is 23.4 Å². The van der Waals surface area contributed by atoms with Crippen LogP contribution in [0.3, 0.4) is 0 Å². The maximum absolute atomic E-state index is 11.2. The monoisotopic (exact) mass is 451 g/mol. The predicted octanol–water partition coefficient (Wildman–Crippen LogP) is 5.46. The van der Waals surface area contributed by atoms with Gasteiger partial charge >= 0.3 is 0 Å². The molecule has 0 bridgehead atoms. The van der Waals surface area contributed by atoms with Crippen LogP contribution in [0.15, 0.2) is 58.7 Å². The summed E-state index contributed by atoms with van der Waals surface area (Å²) in [6.45, 7) is 11.4. The standard InChI is InChI=1S/C25H42NO4P/c1-20(14-16-23(19-26(6,7)8)30-31(27,28)29)11-9-12-21(2)15-17-24-22(3)13-10-18-25(24,4)5/h9,11-12,14-15,17,23H,10,13,16,18-19H2,1-8H3,(H-,27,28,29)/b11-9?,17-15?,20-14-,21-12?. The van der Waals surface area contributed by atoms with Gasteiger partial charge < -0.3 is 18.8 Å². The fraction of sp³-hybridized carbons (Fsp3) is 0.600. The molecule has 2 atom stereocenters. The van der Waals surface area contributed by atoms with Crippen LogP contribution in [0.1, 0.15) is 60.3 Å². The Bertz CT molecular complexity index is 804. The van der Waals surface area contributed by atoms with Gasteiger partial charge in [-0.3, -0.25) is 4.57 Å². The third-order valence-electron chi connectivity index (χ3n) is 5.51. The Kier molecular flexibility index (Phi) is 10.4. The van der Waals surface area contributed by atoms with E-state index in [9.17, 15) is 9.46 Å². The summed E-state index contributed by atoms with van der Waals surface area (Å²) in [6, 6.07) is 0. The van der Waals surface area contributed by atoms with Gasteiger partial charge in [0.2, 0.25) is 0 Å². The van der Waals surface area contributed by atoms with Crippen LogP contribution in [0.25, 0.3) is 0 Å². The number of quaternary nitrogens is 1. The molecule has 0 saturated heterocycles. The molecule has 0 aromatic carbocycles. The molecule has 31 heavy (non-hydrogen) atoms. The normalized spacial score (nSPS) is 21.7. The summed E-state index contributed by atoms with van der Waals surface area (Å²) >= 11 is 0. The average molecular weight is 452 g/mol. The number of hydrogen-bond donors (Lipinski definition) is 1.